The molecule has 0 bridgehead atoms. The van der Waals surface area contributed by atoms with Gasteiger partial charge in [-0.15, -0.1) is 0 Å². The monoisotopic (exact) mass is 277 g/mol. The van der Waals surface area contributed by atoms with E-state index >= 15 is 0 Å². The van der Waals surface area contributed by atoms with E-state index in [4.69, 9.17) is 0 Å². The molecular weight excluding hydrogens is 250 g/mol. The fourth-order valence-electron chi connectivity index (χ4n) is 2.71. The minimum absolute atomic E-state index is 0.628. The largest absolute Gasteiger partial charge is 0.370 e. The molecule has 112 valence electrons. The Morgan fingerprint density at radius 1 is 1.10 bits per heavy atom. The van der Waals surface area contributed by atoms with Crippen molar-refractivity contribution in [1.29, 1.82) is 0 Å². The molecule has 1 saturated heterocycles. The Morgan fingerprint density at radius 3 is 2.30 bits per heavy atom. The summed E-state index contributed by atoms with van der Waals surface area (Å²) in [5, 5.41) is 3.33. The van der Waals surface area contributed by atoms with Crippen LogP contribution >= 0.6 is 0 Å². The molecule has 1 N–H and O–H groups in total. The molecule has 2 heterocycles. The summed E-state index contributed by atoms with van der Waals surface area (Å²) >= 11 is 0. The fourth-order valence-corrected chi connectivity index (χ4v) is 2.71. The summed E-state index contributed by atoms with van der Waals surface area (Å²) in [5.41, 5.74) is 1.16. The van der Waals surface area contributed by atoms with Crippen LogP contribution in [0.5, 0.6) is 0 Å². The second-order valence-electron chi connectivity index (χ2n) is 5.72. The molecule has 1 aliphatic heterocycles. The summed E-state index contributed by atoms with van der Waals surface area (Å²) in [6.07, 6.45) is 0. The summed E-state index contributed by atoms with van der Waals surface area (Å²) in [4.78, 5) is 14.1. The zero-order chi connectivity index (χ0) is 14.7. The maximum atomic E-state index is 4.67. The van der Waals surface area contributed by atoms with E-state index in [1.165, 1.54) is 0 Å². The van der Waals surface area contributed by atoms with E-state index in [0.29, 0.717) is 6.04 Å². The average Bonchev–Trinajstić information content (AvgIpc) is 2.43. The Morgan fingerprint density at radius 2 is 1.75 bits per heavy atom. The lowest BCUT2D eigenvalue weighted by atomic mass is 10.2. The SMILES string of the molecule is CCNc1nc(C)nc(N2CCN(C(C)C)CC2)c1C. The van der Waals surface area contributed by atoms with Gasteiger partial charge in [-0.1, -0.05) is 0 Å². The van der Waals surface area contributed by atoms with Crippen LogP contribution in [0, 0.1) is 13.8 Å². The summed E-state index contributed by atoms with van der Waals surface area (Å²) in [6, 6.07) is 0.628. The van der Waals surface area contributed by atoms with E-state index in [1.807, 2.05) is 6.92 Å². The third kappa shape index (κ3) is 3.20. The van der Waals surface area contributed by atoms with Crippen LogP contribution in [0.1, 0.15) is 32.2 Å². The highest BCUT2D eigenvalue weighted by Crippen LogP contribution is 2.24. The number of hydrogen-bond acceptors (Lipinski definition) is 5. The van der Waals surface area contributed by atoms with Gasteiger partial charge < -0.3 is 10.2 Å². The zero-order valence-corrected chi connectivity index (χ0v) is 13.4. The highest BCUT2D eigenvalue weighted by molar-refractivity contribution is 5.58. The zero-order valence-electron chi connectivity index (χ0n) is 13.4. The van der Waals surface area contributed by atoms with Crippen molar-refractivity contribution in [3.8, 4) is 0 Å². The second-order valence-corrected chi connectivity index (χ2v) is 5.72. The molecule has 2 rings (SSSR count). The predicted octanol–water partition coefficient (Wildman–Crippen LogP) is 2.06. The molecule has 0 spiro atoms. The van der Waals surface area contributed by atoms with Crippen LogP contribution in [0.3, 0.4) is 0 Å². The second kappa shape index (κ2) is 6.39. The number of rotatable bonds is 4. The first-order valence-corrected chi connectivity index (χ1v) is 7.61. The number of nitrogens with one attached hydrogen (secondary N) is 1. The lowest BCUT2D eigenvalue weighted by molar-refractivity contribution is 0.209. The van der Waals surface area contributed by atoms with Gasteiger partial charge in [0.05, 0.1) is 0 Å². The van der Waals surface area contributed by atoms with Gasteiger partial charge in [0.1, 0.15) is 17.5 Å². The van der Waals surface area contributed by atoms with Crippen molar-refractivity contribution in [3.63, 3.8) is 0 Å². The molecule has 20 heavy (non-hydrogen) atoms. The normalized spacial score (nSPS) is 16.8. The Bertz CT molecular complexity index is 450. The van der Waals surface area contributed by atoms with Gasteiger partial charge in [0, 0.05) is 44.3 Å². The molecule has 0 atom stereocenters. The molecule has 0 aliphatic carbocycles. The molecule has 1 aromatic heterocycles. The number of aromatic nitrogens is 2. The Hall–Kier alpha value is -1.36. The standard InChI is InChI=1S/C15H27N5/c1-6-16-14-12(4)15(18-13(5)17-14)20-9-7-19(8-10-20)11(2)3/h11H,6-10H2,1-5H3,(H,16,17,18). The first kappa shape index (κ1) is 15.0. The lowest BCUT2D eigenvalue weighted by Crippen LogP contribution is -2.49. The van der Waals surface area contributed by atoms with E-state index < -0.39 is 0 Å². The Labute approximate surface area is 122 Å². The van der Waals surface area contributed by atoms with Crippen LogP contribution in [-0.2, 0) is 0 Å². The van der Waals surface area contributed by atoms with Gasteiger partial charge in [-0.2, -0.15) is 0 Å². The van der Waals surface area contributed by atoms with Gasteiger partial charge in [0.2, 0.25) is 0 Å². The maximum Gasteiger partial charge on any atom is 0.137 e. The van der Waals surface area contributed by atoms with Crippen LogP contribution in [0.25, 0.3) is 0 Å². The molecule has 1 aliphatic rings. The summed E-state index contributed by atoms with van der Waals surface area (Å²) in [6.45, 7) is 15.9. The van der Waals surface area contributed by atoms with E-state index in [2.05, 4.69) is 52.8 Å². The van der Waals surface area contributed by atoms with Gasteiger partial charge in [-0.25, -0.2) is 9.97 Å². The van der Waals surface area contributed by atoms with Crippen LogP contribution in [0.2, 0.25) is 0 Å². The number of anilines is 2. The minimum Gasteiger partial charge on any atom is -0.370 e. The average molecular weight is 277 g/mol. The predicted molar refractivity (Wildman–Crippen MR) is 84.6 cm³/mol. The summed E-state index contributed by atoms with van der Waals surface area (Å²) < 4.78 is 0. The van der Waals surface area contributed by atoms with Gasteiger partial charge in [0.25, 0.3) is 0 Å². The minimum atomic E-state index is 0.628. The molecule has 5 heteroatoms. The first-order chi connectivity index (χ1) is 9.52. The van der Waals surface area contributed by atoms with Gasteiger partial charge in [-0.05, 0) is 34.6 Å². The quantitative estimate of drug-likeness (QED) is 0.912. The van der Waals surface area contributed by atoms with Crippen molar-refractivity contribution in [2.45, 2.75) is 40.7 Å². The first-order valence-electron chi connectivity index (χ1n) is 7.61. The van der Waals surface area contributed by atoms with Crippen molar-refractivity contribution < 1.29 is 0 Å². The van der Waals surface area contributed by atoms with Crippen molar-refractivity contribution in [2.24, 2.45) is 0 Å². The van der Waals surface area contributed by atoms with Crippen molar-refractivity contribution in [2.75, 3.05) is 42.9 Å². The number of hydrogen-bond donors (Lipinski definition) is 1. The highest BCUT2D eigenvalue weighted by atomic mass is 15.3. The lowest BCUT2D eigenvalue weighted by Gasteiger charge is -2.38. The third-order valence-corrected chi connectivity index (χ3v) is 3.92. The highest BCUT2D eigenvalue weighted by Gasteiger charge is 2.22. The van der Waals surface area contributed by atoms with E-state index in [0.717, 1.165) is 55.7 Å². The number of piperazine rings is 1. The van der Waals surface area contributed by atoms with Crippen LogP contribution < -0.4 is 10.2 Å². The van der Waals surface area contributed by atoms with Crippen LogP contribution in [-0.4, -0.2) is 53.6 Å². The Balaban J connectivity index is 2.17. The molecule has 0 unspecified atom stereocenters. The maximum absolute atomic E-state index is 4.67. The molecule has 0 amide bonds. The fraction of sp³-hybridized carbons (Fsp3) is 0.733. The molecule has 0 aromatic carbocycles. The molecule has 0 radical (unpaired) electrons. The smallest absolute Gasteiger partial charge is 0.137 e. The summed E-state index contributed by atoms with van der Waals surface area (Å²) in [5.74, 6) is 2.91. The van der Waals surface area contributed by atoms with Crippen molar-refractivity contribution in [1.82, 2.24) is 14.9 Å². The topological polar surface area (TPSA) is 44.3 Å². The van der Waals surface area contributed by atoms with Gasteiger partial charge in [-0.3, -0.25) is 4.90 Å². The van der Waals surface area contributed by atoms with Gasteiger partial charge >= 0.3 is 0 Å². The Kier molecular flexibility index (Phi) is 4.81. The molecular formula is C15H27N5. The van der Waals surface area contributed by atoms with E-state index in [-0.39, 0.29) is 0 Å². The summed E-state index contributed by atoms with van der Waals surface area (Å²) in [7, 11) is 0. The molecule has 1 aromatic rings. The van der Waals surface area contributed by atoms with Crippen molar-refractivity contribution in [3.05, 3.63) is 11.4 Å². The molecule has 5 nitrogen and oxygen atoms in total. The van der Waals surface area contributed by atoms with Crippen LogP contribution in [0.15, 0.2) is 0 Å². The van der Waals surface area contributed by atoms with Gasteiger partial charge in [0.15, 0.2) is 0 Å². The van der Waals surface area contributed by atoms with E-state index in [9.17, 15) is 0 Å². The number of aryl methyl sites for hydroxylation is 1. The molecule has 0 saturated carbocycles. The van der Waals surface area contributed by atoms with Crippen molar-refractivity contribution >= 4 is 11.6 Å². The van der Waals surface area contributed by atoms with Crippen LogP contribution in [0.4, 0.5) is 11.6 Å². The number of nitrogens with zero attached hydrogens (tertiary/aromatic N) is 4. The molecule has 1 fully saturated rings. The van der Waals surface area contributed by atoms with E-state index in [1.54, 1.807) is 0 Å². The third-order valence-electron chi connectivity index (χ3n) is 3.92.